The van der Waals surface area contributed by atoms with Crippen LogP contribution in [0.3, 0.4) is 0 Å². The zero-order valence-corrected chi connectivity index (χ0v) is 17.5. The van der Waals surface area contributed by atoms with Crippen LogP contribution in [0.4, 0.5) is 0 Å². The fraction of sp³-hybridized carbons (Fsp3) is 0.650. The smallest absolute Gasteiger partial charge is 0.253 e. The Bertz CT molecular complexity index is 819. The van der Waals surface area contributed by atoms with Gasteiger partial charge >= 0.3 is 0 Å². The monoisotopic (exact) mass is 408 g/mol. The van der Waals surface area contributed by atoms with Crippen LogP contribution in [0.2, 0.25) is 0 Å². The van der Waals surface area contributed by atoms with E-state index in [1.54, 1.807) is 36.9 Å². The van der Waals surface area contributed by atoms with Crippen LogP contribution in [0, 0.1) is 18.8 Å². The Hall–Kier alpha value is -1.05. The maximum absolute atomic E-state index is 13.1. The van der Waals surface area contributed by atoms with Gasteiger partial charge in [-0.2, -0.15) is 4.31 Å². The minimum Gasteiger partial charge on any atom is -0.338 e. The van der Waals surface area contributed by atoms with E-state index in [2.05, 4.69) is 0 Å². The molecule has 0 N–H and O–H groups in total. The summed E-state index contributed by atoms with van der Waals surface area (Å²) < 4.78 is 27.5. The molecule has 148 valence electrons. The van der Waals surface area contributed by atoms with E-state index in [-0.39, 0.29) is 10.8 Å². The van der Waals surface area contributed by atoms with Gasteiger partial charge in [-0.3, -0.25) is 4.79 Å². The van der Waals surface area contributed by atoms with Crippen LogP contribution in [-0.4, -0.2) is 54.8 Å². The second-order valence-corrected chi connectivity index (χ2v) is 11.0. The number of piperidine rings is 1. The summed E-state index contributed by atoms with van der Waals surface area (Å²) in [5.74, 6) is 2.69. The van der Waals surface area contributed by atoms with Gasteiger partial charge in [-0.05, 0) is 49.3 Å². The molecule has 3 aliphatic rings. The van der Waals surface area contributed by atoms with Gasteiger partial charge in [0.1, 0.15) is 0 Å². The van der Waals surface area contributed by atoms with Gasteiger partial charge in [0.05, 0.1) is 10.8 Å². The molecule has 0 radical (unpaired) electrons. The molecule has 2 atom stereocenters. The van der Waals surface area contributed by atoms with Crippen molar-refractivity contribution in [1.82, 2.24) is 9.21 Å². The standard InChI is InChI=1S/C20H28N2O3S2/c1-15-6-7-17(12-19(15)27(24,25)22-10-11-26-14-22)20(23)21-9-8-16-4-2-3-5-18(16)13-21/h6-7,12,16,18H,2-5,8-11,13-14H2,1H3. The lowest BCUT2D eigenvalue weighted by Crippen LogP contribution is -2.44. The van der Waals surface area contributed by atoms with Gasteiger partial charge < -0.3 is 4.90 Å². The largest absolute Gasteiger partial charge is 0.338 e. The SMILES string of the molecule is Cc1ccc(C(=O)N2CCC3CCCCC3C2)cc1S(=O)(=O)N1CCSC1. The fourth-order valence-electron chi connectivity index (χ4n) is 4.70. The van der Waals surface area contributed by atoms with Crippen LogP contribution >= 0.6 is 11.8 Å². The van der Waals surface area contributed by atoms with Gasteiger partial charge in [0.2, 0.25) is 10.0 Å². The molecule has 7 heteroatoms. The second-order valence-electron chi connectivity index (χ2n) is 8.04. The molecule has 1 amide bonds. The third-order valence-corrected chi connectivity index (χ3v) is 9.47. The van der Waals surface area contributed by atoms with Crippen molar-refractivity contribution in [3.63, 3.8) is 0 Å². The highest BCUT2D eigenvalue weighted by Crippen LogP contribution is 2.36. The van der Waals surface area contributed by atoms with Crippen molar-refractivity contribution in [2.75, 3.05) is 31.3 Å². The van der Waals surface area contributed by atoms with Crippen molar-refractivity contribution >= 4 is 27.7 Å². The number of nitrogens with zero attached hydrogens (tertiary/aromatic N) is 2. The highest BCUT2D eigenvalue weighted by molar-refractivity contribution is 8.00. The Labute approximate surface area is 166 Å². The number of aryl methyl sites for hydroxylation is 1. The summed E-state index contributed by atoms with van der Waals surface area (Å²) in [5, 5.41) is 0. The number of hydrogen-bond donors (Lipinski definition) is 0. The van der Waals surface area contributed by atoms with E-state index >= 15 is 0 Å². The quantitative estimate of drug-likeness (QED) is 0.770. The Balaban J connectivity index is 1.56. The molecule has 1 saturated carbocycles. The highest BCUT2D eigenvalue weighted by atomic mass is 32.2. The number of amides is 1. The topological polar surface area (TPSA) is 57.7 Å². The van der Waals surface area contributed by atoms with E-state index in [9.17, 15) is 13.2 Å². The van der Waals surface area contributed by atoms with Crippen molar-refractivity contribution in [2.45, 2.75) is 43.9 Å². The molecule has 4 rings (SSSR count). The molecule has 1 aliphatic carbocycles. The maximum Gasteiger partial charge on any atom is 0.253 e. The summed E-state index contributed by atoms with van der Waals surface area (Å²) in [5.41, 5.74) is 1.20. The summed E-state index contributed by atoms with van der Waals surface area (Å²) in [6, 6.07) is 5.15. The van der Waals surface area contributed by atoms with E-state index in [0.29, 0.717) is 29.5 Å². The normalized spacial score (nSPS) is 26.8. The lowest BCUT2D eigenvalue weighted by molar-refractivity contribution is 0.0520. The van der Waals surface area contributed by atoms with Crippen LogP contribution in [-0.2, 0) is 10.0 Å². The fourth-order valence-corrected chi connectivity index (χ4v) is 7.77. The molecule has 2 aliphatic heterocycles. The number of sulfonamides is 1. The van der Waals surface area contributed by atoms with Crippen molar-refractivity contribution in [3.8, 4) is 0 Å². The van der Waals surface area contributed by atoms with Gasteiger partial charge in [-0.1, -0.05) is 25.3 Å². The first-order chi connectivity index (χ1) is 13.0. The number of rotatable bonds is 3. The molecule has 5 nitrogen and oxygen atoms in total. The number of fused-ring (bicyclic) bond motifs is 1. The van der Waals surface area contributed by atoms with Crippen LogP contribution in [0.1, 0.15) is 48.0 Å². The molecule has 0 bridgehead atoms. The molecule has 27 heavy (non-hydrogen) atoms. The molecule has 0 aromatic heterocycles. The summed E-state index contributed by atoms with van der Waals surface area (Å²) >= 11 is 1.62. The van der Waals surface area contributed by atoms with E-state index in [4.69, 9.17) is 0 Å². The number of carbonyl (C=O) groups is 1. The zero-order valence-electron chi connectivity index (χ0n) is 15.9. The first-order valence-electron chi connectivity index (χ1n) is 9.94. The van der Waals surface area contributed by atoms with Crippen molar-refractivity contribution < 1.29 is 13.2 Å². The van der Waals surface area contributed by atoms with Gasteiger partial charge in [0, 0.05) is 31.0 Å². The number of likely N-dealkylation sites (tertiary alicyclic amines) is 1. The minimum absolute atomic E-state index is 0.0220. The van der Waals surface area contributed by atoms with E-state index in [1.807, 2.05) is 4.90 Å². The van der Waals surface area contributed by atoms with Gasteiger partial charge in [-0.15, -0.1) is 11.8 Å². The third-order valence-electron chi connectivity index (χ3n) is 6.35. The molecular formula is C20H28N2O3S2. The maximum atomic E-state index is 13.1. The molecule has 2 heterocycles. The average Bonchev–Trinajstić information content (AvgIpc) is 3.23. The first kappa shape index (κ1) is 19.3. The molecule has 2 saturated heterocycles. The molecule has 1 aromatic carbocycles. The lowest BCUT2D eigenvalue weighted by Gasteiger charge is -2.41. The molecular weight excluding hydrogens is 380 g/mol. The van der Waals surface area contributed by atoms with E-state index in [1.165, 1.54) is 30.0 Å². The van der Waals surface area contributed by atoms with Crippen LogP contribution in [0.15, 0.2) is 23.1 Å². The molecule has 3 fully saturated rings. The highest BCUT2D eigenvalue weighted by Gasteiger charge is 2.34. The third kappa shape index (κ3) is 3.78. The Kier molecular flexibility index (Phi) is 5.54. The minimum atomic E-state index is -3.53. The second kappa shape index (κ2) is 7.76. The zero-order chi connectivity index (χ0) is 19.0. The van der Waals surface area contributed by atoms with Gasteiger partial charge in [0.15, 0.2) is 0 Å². The molecule has 2 unspecified atom stereocenters. The Morgan fingerprint density at radius 1 is 1.11 bits per heavy atom. The Morgan fingerprint density at radius 3 is 2.63 bits per heavy atom. The van der Waals surface area contributed by atoms with Crippen molar-refractivity contribution in [2.24, 2.45) is 11.8 Å². The number of benzene rings is 1. The van der Waals surface area contributed by atoms with E-state index < -0.39 is 10.0 Å². The van der Waals surface area contributed by atoms with Gasteiger partial charge in [0.25, 0.3) is 5.91 Å². The predicted molar refractivity (Wildman–Crippen MR) is 108 cm³/mol. The lowest BCUT2D eigenvalue weighted by atomic mass is 9.75. The number of thioether (sulfide) groups is 1. The van der Waals surface area contributed by atoms with Crippen molar-refractivity contribution in [3.05, 3.63) is 29.3 Å². The van der Waals surface area contributed by atoms with E-state index in [0.717, 1.165) is 31.2 Å². The number of carbonyl (C=O) groups excluding carboxylic acids is 1. The van der Waals surface area contributed by atoms with Gasteiger partial charge in [-0.25, -0.2) is 8.42 Å². The van der Waals surface area contributed by atoms with Crippen LogP contribution in [0.25, 0.3) is 0 Å². The molecule has 1 aromatic rings. The average molecular weight is 409 g/mol. The Morgan fingerprint density at radius 2 is 1.89 bits per heavy atom. The summed E-state index contributed by atoms with van der Waals surface area (Å²) in [7, 11) is -3.53. The van der Waals surface area contributed by atoms with Crippen molar-refractivity contribution in [1.29, 1.82) is 0 Å². The summed E-state index contributed by atoms with van der Waals surface area (Å²) in [6.07, 6.45) is 6.19. The van der Waals surface area contributed by atoms with Crippen LogP contribution < -0.4 is 0 Å². The van der Waals surface area contributed by atoms with Crippen LogP contribution in [0.5, 0.6) is 0 Å². The predicted octanol–water partition coefficient (Wildman–Crippen LogP) is 3.34. The first-order valence-corrected chi connectivity index (χ1v) is 12.5. The summed E-state index contributed by atoms with van der Waals surface area (Å²) in [6.45, 7) is 3.96. The molecule has 0 spiro atoms. The number of hydrogen-bond acceptors (Lipinski definition) is 4. The summed E-state index contributed by atoms with van der Waals surface area (Å²) in [4.78, 5) is 15.3.